The Balaban J connectivity index is 2.33. The van der Waals surface area contributed by atoms with E-state index in [0.717, 1.165) is 11.4 Å². The Kier molecular flexibility index (Phi) is 7.78. The van der Waals surface area contributed by atoms with E-state index in [2.05, 4.69) is 24.5 Å². The summed E-state index contributed by atoms with van der Waals surface area (Å²) in [5, 5.41) is 6.30. The van der Waals surface area contributed by atoms with Gasteiger partial charge in [-0.2, -0.15) is 0 Å². The van der Waals surface area contributed by atoms with Gasteiger partial charge in [0.05, 0.1) is 0 Å². The molecule has 3 heteroatoms. The van der Waals surface area contributed by atoms with Crippen molar-refractivity contribution in [3.63, 3.8) is 0 Å². The minimum atomic E-state index is -0.0360. The van der Waals surface area contributed by atoms with Crippen LogP contribution >= 0.6 is 0 Å². The third-order valence-electron chi connectivity index (χ3n) is 3.34. The standard InChI is InChI=1S/C17H28N2O/c1-4-5-6-7-8-10-14(2)18-16-11-9-12-17(13-16)19-15(3)20/h9,11-14,18H,4-8,10H2,1-3H3,(H,19,20). The maximum atomic E-state index is 11.0. The molecule has 0 bridgehead atoms. The van der Waals surface area contributed by atoms with Crippen molar-refractivity contribution in [1.82, 2.24) is 0 Å². The minimum Gasteiger partial charge on any atom is -0.383 e. The molecule has 1 rings (SSSR count). The molecule has 0 aliphatic carbocycles. The van der Waals surface area contributed by atoms with Gasteiger partial charge in [0, 0.05) is 24.3 Å². The van der Waals surface area contributed by atoms with Crippen LogP contribution in [-0.4, -0.2) is 11.9 Å². The van der Waals surface area contributed by atoms with E-state index in [-0.39, 0.29) is 5.91 Å². The fraction of sp³-hybridized carbons (Fsp3) is 0.588. The molecule has 0 saturated heterocycles. The first kappa shape index (κ1) is 16.5. The summed E-state index contributed by atoms with van der Waals surface area (Å²) >= 11 is 0. The number of carbonyl (C=O) groups excluding carboxylic acids is 1. The first-order valence-electron chi connectivity index (χ1n) is 7.76. The summed E-state index contributed by atoms with van der Waals surface area (Å²) in [6.45, 7) is 5.98. The van der Waals surface area contributed by atoms with Crippen molar-refractivity contribution in [3.05, 3.63) is 24.3 Å². The molecule has 0 spiro atoms. The van der Waals surface area contributed by atoms with Crippen LogP contribution in [0.4, 0.5) is 11.4 Å². The molecule has 2 N–H and O–H groups in total. The molecule has 1 aromatic rings. The van der Waals surface area contributed by atoms with E-state index >= 15 is 0 Å². The molecule has 0 aliphatic heterocycles. The van der Waals surface area contributed by atoms with Gasteiger partial charge in [0.15, 0.2) is 0 Å². The summed E-state index contributed by atoms with van der Waals surface area (Å²) in [4.78, 5) is 11.0. The normalized spacial score (nSPS) is 11.9. The molecular weight excluding hydrogens is 248 g/mol. The maximum Gasteiger partial charge on any atom is 0.221 e. The molecule has 1 amide bonds. The van der Waals surface area contributed by atoms with Crippen LogP contribution in [-0.2, 0) is 4.79 Å². The second kappa shape index (κ2) is 9.40. The van der Waals surface area contributed by atoms with Crippen molar-refractivity contribution in [1.29, 1.82) is 0 Å². The Labute approximate surface area is 123 Å². The number of benzene rings is 1. The van der Waals surface area contributed by atoms with Crippen molar-refractivity contribution in [2.24, 2.45) is 0 Å². The van der Waals surface area contributed by atoms with E-state index in [1.165, 1.54) is 45.4 Å². The van der Waals surface area contributed by atoms with Gasteiger partial charge in [-0.3, -0.25) is 4.79 Å². The molecule has 20 heavy (non-hydrogen) atoms. The van der Waals surface area contributed by atoms with Crippen LogP contribution in [0, 0.1) is 0 Å². The minimum absolute atomic E-state index is 0.0360. The second-order valence-corrected chi connectivity index (χ2v) is 5.51. The quantitative estimate of drug-likeness (QED) is 0.636. The Hall–Kier alpha value is -1.51. The lowest BCUT2D eigenvalue weighted by atomic mass is 10.1. The van der Waals surface area contributed by atoms with E-state index in [0.29, 0.717) is 6.04 Å². The van der Waals surface area contributed by atoms with Crippen molar-refractivity contribution in [2.75, 3.05) is 10.6 Å². The van der Waals surface area contributed by atoms with Gasteiger partial charge in [0.2, 0.25) is 5.91 Å². The highest BCUT2D eigenvalue weighted by molar-refractivity contribution is 5.89. The van der Waals surface area contributed by atoms with E-state index in [4.69, 9.17) is 0 Å². The van der Waals surface area contributed by atoms with Gasteiger partial charge in [-0.25, -0.2) is 0 Å². The predicted molar refractivity (Wildman–Crippen MR) is 87.2 cm³/mol. The van der Waals surface area contributed by atoms with Gasteiger partial charge in [-0.1, -0.05) is 45.1 Å². The third-order valence-corrected chi connectivity index (χ3v) is 3.34. The Morgan fingerprint density at radius 3 is 2.55 bits per heavy atom. The smallest absolute Gasteiger partial charge is 0.221 e. The molecule has 0 radical (unpaired) electrons. The molecule has 0 heterocycles. The topological polar surface area (TPSA) is 41.1 Å². The maximum absolute atomic E-state index is 11.0. The van der Waals surface area contributed by atoms with E-state index in [1.54, 1.807) is 0 Å². The summed E-state index contributed by atoms with van der Waals surface area (Å²) in [7, 11) is 0. The molecule has 112 valence electrons. The van der Waals surface area contributed by atoms with Crippen LogP contribution in [0.5, 0.6) is 0 Å². The van der Waals surface area contributed by atoms with Gasteiger partial charge >= 0.3 is 0 Å². The lowest BCUT2D eigenvalue weighted by Gasteiger charge is -2.16. The monoisotopic (exact) mass is 276 g/mol. The average molecular weight is 276 g/mol. The summed E-state index contributed by atoms with van der Waals surface area (Å²) < 4.78 is 0. The Bertz CT molecular complexity index is 404. The van der Waals surface area contributed by atoms with Gasteiger partial charge in [-0.05, 0) is 31.5 Å². The summed E-state index contributed by atoms with van der Waals surface area (Å²) in [5.74, 6) is -0.0360. The zero-order valence-corrected chi connectivity index (χ0v) is 13.0. The number of nitrogens with one attached hydrogen (secondary N) is 2. The third kappa shape index (κ3) is 7.17. The van der Waals surface area contributed by atoms with Crippen molar-refractivity contribution >= 4 is 17.3 Å². The zero-order chi connectivity index (χ0) is 14.8. The van der Waals surface area contributed by atoms with Crippen LogP contribution in [0.15, 0.2) is 24.3 Å². The number of amides is 1. The first-order valence-corrected chi connectivity index (χ1v) is 7.76. The fourth-order valence-electron chi connectivity index (χ4n) is 2.30. The van der Waals surface area contributed by atoms with Crippen LogP contribution in [0.25, 0.3) is 0 Å². The van der Waals surface area contributed by atoms with E-state index in [9.17, 15) is 4.79 Å². The fourth-order valence-corrected chi connectivity index (χ4v) is 2.30. The number of unbranched alkanes of at least 4 members (excludes halogenated alkanes) is 4. The van der Waals surface area contributed by atoms with Crippen molar-refractivity contribution in [3.8, 4) is 0 Å². The van der Waals surface area contributed by atoms with Crippen LogP contribution < -0.4 is 10.6 Å². The number of hydrogen-bond donors (Lipinski definition) is 2. The number of anilines is 2. The van der Waals surface area contributed by atoms with Crippen LogP contribution in [0.1, 0.15) is 59.3 Å². The highest BCUT2D eigenvalue weighted by Gasteiger charge is 2.03. The molecule has 0 fully saturated rings. The van der Waals surface area contributed by atoms with Gasteiger partial charge in [0.1, 0.15) is 0 Å². The number of rotatable bonds is 9. The van der Waals surface area contributed by atoms with Gasteiger partial charge in [0.25, 0.3) is 0 Å². The molecule has 1 unspecified atom stereocenters. The second-order valence-electron chi connectivity index (χ2n) is 5.51. The molecular formula is C17H28N2O. The number of carbonyl (C=O) groups is 1. The predicted octanol–water partition coefficient (Wildman–Crippen LogP) is 4.81. The molecule has 0 saturated carbocycles. The van der Waals surface area contributed by atoms with E-state index in [1.807, 2.05) is 24.3 Å². The van der Waals surface area contributed by atoms with Crippen LogP contribution in [0.3, 0.4) is 0 Å². The van der Waals surface area contributed by atoms with E-state index < -0.39 is 0 Å². The number of hydrogen-bond acceptors (Lipinski definition) is 2. The summed E-state index contributed by atoms with van der Waals surface area (Å²) in [6.07, 6.45) is 7.78. The van der Waals surface area contributed by atoms with Gasteiger partial charge < -0.3 is 10.6 Å². The first-order chi connectivity index (χ1) is 9.61. The molecule has 0 aliphatic rings. The molecule has 1 aromatic carbocycles. The Morgan fingerprint density at radius 1 is 1.15 bits per heavy atom. The lowest BCUT2D eigenvalue weighted by molar-refractivity contribution is -0.114. The van der Waals surface area contributed by atoms with Crippen LogP contribution in [0.2, 0.25) is 0 Å². The zero-order valence-electron chi connectivity index (χ0n) is 13.0. The highest BCUT2D eigenvalue weighted by Crippen LogP contribution is 2.17. The average Bonchev–Trinajstić information content (AvgIpc) is 2.38. The van der Waals surface area contributed by atoms with Crippen molar-refractivity contribution < 1.29 is 4.79 Å². The van der Waals surface area contributed by atoms with Gasteiger partial charge in [-0.15, -0.1) is 0 Å². The highest BCUT2D eigenvalue weighted by atomic mass is 16.1. The Morgan fingerprint density at radius 2 is 1.85 bits per heavy atom. The van der Waals surface area contributed by atoms with Crippen molar-refractivity contribution in [2.45, 2.75) is 65.3 Å². The summed E-state index contributed by atoms with van der Waals surface area (Å²) in [6, 6.07) is 8.35. The SMILES string of the molecule is CCCCCCCC(C)Nc1cccc(NC(C)=O)c1. The largest absolute Gasteiger partial charge is 0.383 e. The molecule has 1 atom stereocenters. The summed E-state index contributed by atoms with van der Waals surface area (Å²) in [5.41, 5.74) is 1.91. The molecule has 0 aromatic heterocycles. The lowest BCUT2D eigenvalue weighted by Crippen LogP contribution is -2.15. The molecule has 3 nitrogen and oxygen atoms in total.